The van der Waals surface area contributed by atoms with Gasteiger partial charge in [-0.1, -0.05) is 23.2 Å². The van der Waals surface area contributed by atoms with E-state index in [0.29, 0.717) is 6.61 Å². The fraction of sp³-hybridized carbons (Fsp3) is 0.167. The van der Waals surface area contributed by atoms with Crippen LogP contribution in [-0.2, 0) is 6.61 Å². The number of hydrogen-bond donors (Lipinski definition) is 0. The number of halogens is 1. The monoisotopic (exact) mass is 311 g/mol. The highest BCUT2D eigenvalue weighted by Crippen LogP contribution is 2.42. The van der Waals surface area contributed by atoms with Crippen molar-refractivity contribution in [3.63, 3.8) is 0 Å². The van der Waals surface area contributed by atoms with Crippen molar-refractivity contribution in [1.29, 1.82) is 0 Å². The molecular formula is C18H14ClNO2. The Labute approximate surface area is 133 Å². The van der Waals surface area contributed by atoms with E-state index in [1.165, 1.54) is 0 Å². The van der Waals surface area contributed by atoms with Gasteiger partial charge in [-0.15, -0.1) is 0 Å². The van der Waals surface area contributed by atoms with E-state index in [9.17, 15) is 0 Å². The zero-order valence-electron chi connectivity index (χ0n) is 12.3. The third-order valence-electron chi connectivity index (χ3n) is 3.99. The lowest BCUT2D eigenvalue weighted by Gasteiger charge is -2.22. The van der Waals surface area contributed by atoms with Gasteiger partial charge in [0.2, 0.25) is 0 Å². The molecule has 0 saturated heterocycles. The first-order valence-electron chi connectivity index (χ1n) is 7.07. The number of pyridine rings is 1. The Kier molecular flexibility index (Phi) is 2.98. The van der Waals surface area contributed by atoms with Crippen molar-refractivity contribution in [2.24, 2.45) is 0 Å². The van der Waals surface area contributed by atoms with Gasteiger partial charge in [-0.3, -0.25) is 0 Å². The molecule has 0 fully saturated rings. The smallest absolute Gasteiger partial charge is 0.129 e. The van der Waals surface area contributed by atoms with E-state index in [1.54, 1.807) is 7.11 Å². The van der Waals surface area contributed by atoms with Crippen molar-refractivity contribution in [2.45, 2.75) is 13.5 Å². The Morgan fingerprint density at radius 1 is 1.18 bits per heavy atom. The lowest BCUT2D eigenvalue weighted by atomic mass is 9.99. The number of benzene rings is 2. The van der Waals surface area contributed by atoms with E-state index in [0.717, 1.165) is 49.8 Å². The number of aromatic nitrogens is 1. The van der Waals surface area contributed by atoms with E-state index in [1.807, 2.05) is 37.3 Å². The van der Waals surface area contributed by atoms with Crippen molar-refractivity contribution >= 4 is 22.5 Å². The van der Waals surface area contributed by atoms with E-state index < -0.39 is 0 Å². The fourth-order valence-electron chi connectivity index (χ4n) is 2.83. The molecule has 2 heterocycles. The minimum Gasteiger partial charge on any atom is -0.497 e. The maximum Gasteiger partial charge on any atom is 0.129 e. The van der Waals surface area contributed by atoms with Crippen LogP contribution in [0.5, 0.6) is 11.5 Å². The summed E-state index contributed by atoms with van der Waals surface area (Å²) in [6, 6.07) is 11.8. The number of ether oxygens (including phenoxy) is 2. The zero-order chi connectivity index (χ0) is 15.3. The number of aryl methyl sites for hydroxylation is 1. The highest BCUT2D eigenvalue weighted by atomic mass is 35.5. The molecule has 0 aliphatic carbocycles. The molecule has 22 heavy (non-hydrogen) atoms. The van der Waals surface area contributed by atoms with Crippen LogP contribution in [0.1, 0.15) is 11.1 Å². The highest BCUT2D eigenvalue weighted by Gasteiger charge is 2.23. The van der Waals surface area contributed by atoms with E-state index >= 15 is 0 Å². The van der Waals surface area contributed by atoms with Crippen LogP contribution < -0.4 is 9.47 Å². The maximum absolute atomic E-state index is 6.62. The van der Waals surface area contributed by atoms with Gasteiger partial charge in [0.25, 0.3) is 0 Å². The van der Waals surface area contributed by atoms with Crippen LogP contribution in [0.3, 0.4) is 0 Å². The van der Waals surface area contributed by atoms with Crippen LogP contribution >= 0.6 is 11.6 Å². The lowest BCUT2D eigenvalue weighted by Crippen LogP contribution is -2.08. The van der Waals surface area contributed by atoms with Gasteiger partial charge < -0.3 is 9.47 Å². The Hall–Kier alpha value is -2.26. The van der Waals surface area contributed by atoms with E-state index in [4.69, 9.17) is 26.1 Å². The molecule has 0 spiro atoms. The van der Waals surface area contributed by atoms with Crippen molar-refractivity contribution in [1.82, 2.24) is 4.98 Å². The van der Waals surface area contributed by atoms with Crippen LogP contribution in [0, 0.1) is 6.92 Å². The number of rotatable bonds is 1. The van der Waals surface area contributed by atoms with Gasteiger partial charge in [0.05, 0.1) is 23.3 Å². The first-order valence-corrected chi connectivity index (χ1v) is 7.45. The van der Waals surface area contributed by atoms with Gasteiger partial charge in [-0.2, -0.15) is 0 Å². The average molecular weight is 312 g/mol. The van der Waals surface area contributed by atoms with E-state index in [-0.39, 0.29) is 0 Å². The minimum atomic E-state index is 0.435. The predicted octanol–water partition coefficient (Wildman–Crippen LogP) is 4.76. The summed E-state index contributed by atoms with van der Waals surface area (Å²) in [7, 11) is 1.65. The molecule has 4 rings (SSSR count). The quantitative estimate of drug-likeness (QED) is 0.649. The van der Waals surface area contributed by atoms with Crippen molar-refractivity contribution < 1.29 is 9.47 Å². The topological polar surface area (TPSA) is 31.4 Å². The molecule has 4 heteroatoms. The third kappa shape index (κ3) is 1.93. The van der Waals surface area contributed by atoms with Crippen molar-refractivity contribution in [3.05, 3.63) is 52.5 Å². The van der Waals surface area contributed by atoms with Crippen LogP contribution in [0.25, 0.3) is 22.2 Å². The second-order valence-corrected chi connectivity index (χ2v) is 5.80. The van der Waals surface area contributed by atoms with Crippen molar-refractivity contribution in [2.75, 3.05) is 7.11 Å². The summed E-state index contributed by atoms with van der Waals surface area (Å²) in [6.07, 6.45) is 0. The Bertz CT molecular complexity index is 905. The predicted molar refractivity (Wildman–Crippen MR) is 87.8 cm³/mol. The molecular weight excluding hydrogens is 298 g/mol. The van der Waals surface area contributed by atoms with Crippen LogP contribution in [0.2, 0.25) is 5.02 Å². The van der Waals surface area contributed by atoms with Crippen LogP contribution in [0.15, 0.2) is 36.4 Å². The van der Waals surface area contributed by atoms with Gasteiger partial charge in [0.1, 0.15) is 18.1 Å². The number of fused-ring (bicyclic) bond motifs is 4. The molecule has 1 aliphatic rings. The third-order valence-corrected chi connectivity index (χ3v) is 4.42. The first-order chi connectivity index (χ1) is 10.7. The minimum absolute atomic E-state index is 0.435. The largest absolute Gasteiger partial charge is 0.497 e. The Morgan fingerprint density at radius 2 is 2.05 bits per heavy atom. The molecule has 110 valence electrons. The van der Waals surface area contributed by atoms with Gasteiger partial charge in [0.15, 0.2) is 0 Å². The van der Waals surface area contributed by atoms with Gasteiger partial charge in [0, 0.05) is 16.5 Å². The lowest BCUT2D eigenvalue weighted by molar-refractivity contribution is 0.301. The second kappa shape index (κ2) is 4.89. The van der Waals surface area contributed by atoms with Crippen LogP contribution in [-0.4, -0.2) is 12.1 Å². The van der Waals surface area contributed by atoms with E-state index in [2.05, 4.69) is 6.07 Å². The molecule has 0 radical (unpaired) electrons. The Balaban J connectivity index is 2.04. The maximum atomic E-state index is 6.62. The molecule has 0 amide bonds. The average Bonchev–Trinajstić information content (AvgIpc) is 2.55. The standard InChI is InChI=1S/C18H14ClNO2/c1-10-3-5-15-12(7-10)17(19)14-9-22-16-6-4-11(21-2)8-13(16)18(14)20-15/h3-8H,9H2,1-2H3. The van der Waals surface area contributed by atoms with Gasteiger partial charge in [-0.25, -0.2) is 4.98 Å². The summed E-state index contributed by atoms with van der Waals surface area (Å²) in [6.45, 7) is 2.48. The second-order valence-electron chi connectivity index (χ2n) is 5.42. The van der Waals surface area contributed by atoms with Crippen LogP contribution in [0.4, 0.5) is 0 Å². The molecule has 1 aromatic heterocycles. The summed E-state index contributed by atoms with van der Waals surface area (Å²) in [4.78, 5) is 4.81. The molecule has 0 unspecified atom stereocenters. The first kappa shape index (κ1) is 13.4. The SMILES string of the molecule is COc1ccc2c(c1)-c1nc3ccc(C)cc3c(Cl)c1CO2. The molecule has 0 N–H and O–H groups in total. The molecule has 1 aliphatic heterocycles. The number of methoxy groups -OCH3 is 1. The molecule has 2 aromatic carbocycles. The summed E-state index contributed by atoms with van der Waals surface area (Å²) in [5, 5.41) is 1.69. The highest BCUT2D eigenvalue weighted by molar-refractivity contribution is 6.36. The molecule has 0 saturated carbocycles. The number of hydrogen-bond acceptors (Lipinski definition) is 3. The molecule has 0 atom stereocenters. The summed E-state index contributed by atoms with van der Waals surface area (Å²) in [5.41, 5.74) is 4.78. The normalized spacial score (nSPS) is 12.5. The number of nitrogens with zero attached hydrogens (tertiary/aromatic N) is 1. The van der Waals surface area contributed by atoms with Gasteiger partial charge in [-0.05, 0) is 37.3 Å². The van der Waals surface area contributed by atoms with Gasteiger partial charge >= 0.3 is 0 Å². The summed E-state index contributed by atoms with van der Waals surface area (Å²) < 4.78 is 11.1. The summed E-state index contributed by atoms with van der Waals surface area (Å²) >= 11 is 6.62. The van der Waals surface area contributed by atoms with Crippen molar-refractivity contribution in [3.8, 4) is 22.8 Å². The molecule has 3 aromatic rings. The fourth-order valence-corrected chi connectivity index (χ4v) is 3.12. The summed E-state index contributed by atoms with van der Waals surface area (Å²) in [5.74, 6) is 1.58. The molecule has 3 nitrogen and oxygen atoms in total. The zero-order valence-corrected chi connectivity index (χ0v) is 13.1. The molecule has 0 bridgehead atoms. The Morgan fingerprint density at radius 3 is 2.86 bits per heavy atom.